The molecule has 1 heterocycles. The van der Waals surface area contributed by atoms with Gasteiger partial charge in [-0.1, -0.05) is 53.2 Å². The van der Waals surface area contributed by atoms with Gasteiger partial charge in [-0.25, -0.2) is 4.68 Å². The maximum atomic E-state index is 11.3. The molecule has 0 saturated heterocycles. The van der Waals surface area contributed by atoms with Crippen LogP contribution in [-0.4, -0.2) is 19.9 Å². The zero-order valence-corrected chi connectivity index (χ0v) is 13.1. The zero-order chi connectivity index (χ0) is 16.4. The second kappa shape index (κ2) is 6.18. The van der Waals surface area contributed by atoms with Crippen LogP contribution >= 0.6 is 11.6 Å². The van der Waals surface area contributed by atoms with Gasteiger partial charge in [-0.05, 0) is 18.6 Å². The highest BCUT2D eigenvalue weighted by atomic mass is 35.5. The molecule has 0 fully saturated rings. The Morgan fingerprint density at radius 3 is 2.61 bits per heavy atom. The summed E-state index contributed by atoms with van der Waals surface area (Å²) in [5.74, 6) is 0. The van der Waals surface area contributed by atoms with Crippen LogP contribution in [0.4, 0.5) is 5.69 Å². The van der Waals surface area contributed by atoms with Crippen LogP contribution in [0.25, 0.3) is 11.3 Å². The van der Waals surface area contributed by atoms with E-state index in [9.17, 15) is 10.1 Å². The fraction of sp³-hybridized carbons (Fsp3) is 0.125. The highest BCUT2D eigenvalue weighted by molar-refractivity contribution is 6.33. The Morgan fingerprint density at radius 1 is 1.17 bits per heavy atom. The normalized spacial score (nSPS) is 10.7. The Kier molecular flexibility index (Phi) is 4.08. The molecule has 0 spiro atoms. The van der Waals surface area contributed by atoms with Gasteiger partial charge in [0.05, 0.1) is 27.7 Å². The summed E-state index contributed by atoms with van der Waals surface area (Å²) in [5, 5.41) is 19.8. The summed E-state index contributed by atoms with van der Waals surface area (Å²) in [6.45, 7) is 2.22. The molecule has 0 aliphatic rings. The number of rotatable bonds is 4. The average molecular weight is 329 g/mol. The van der Waals surface area contributed by atoms with E-state index in [2.05, 4.69) is 10.3 Å². The van der Waals surface area contributed by atoms with E-state index >= 15 is 0 Å². The number of halogens is 1. The van der Waals surface area contributed by atoms with E-state index in [1.54, 1.807) is 23.7 Å². The third-order valence-electron chi connectivity index (χ3n) is 3.50. The molecule has 3 rings (SSSR count). The highest BCUT2D eigenvalue weighted by Gasteiger charge is 2.24. The predicted molar refractivity (Wildman–Crippen MR) is 87.4 cm³/mol. The van der Waals surface area contributed by atoms with Crippen molar-refractivity contribution < 1.29 is 4.92 Å². The van der Waals surface area contributed by atoms with Gasteiger partial charge in [0, 0.05) is 6.07 Å². The van der Waals surface area contributed by atoms with Gasteiger partial charge in [-0.2, -0.15) is 0 Å². The fourth-order valence-electron chi connectivity index (χ4n) is 2.48. The predicted octanol–water partition coefficient (Wildman–Crippen LogP) is 3.86. The summed E-state index contributed by atoms with van der Waals surface area (Å²) in [5.41, 5.74) is 2.46. The van der Waals surface area contributed by atoms with Crippen molar-refractivity contribution in [2.45, 2.75) is 13.5 Å². The fourth-order valence-corrected chi connectivity index (χ4v) is 2.74. The Morgan fingerprint density at radius 2 is 1.91 bits per heavy atom. The molecule has 116 valence electrons. The smallest absolute Gasteiger partial charge is 0.258 e. The number of aryl methyl sites for hydroxylation is 1. The molecule has 6 nitrogen and oxygen atoms in total. The number of nitrogens with zero attached hydrogens (tertiary/aromatic N) is 4. The molecule has 7 heteroatoms. The third-order valence-corrected chi connectivity index (χ3v) is 3.82. The molecule has 0 unspecified atom stereocenters. The van der Waals surface area contributed by atoms with Crippen molar-refractivity contribution in [3.05, 3.63) is 74.9 Å². The first-order valence-electron chi connectivity index (χ1n) is 6.95. The van der Waals surface area contributed by atoms with Gasteiger partial charge in [0.1, 0.15) is 5.69 Å². The van der Waals surface area contributed by atoms with Crippen LogP contribution in [0.5, 0.6) is 0 Å². The molecular formula is C16H13ClN4O2. The first-order chi connectivity index (χ1) is 11.1. The average Bonchev–Trinajstić information content (AvgIpc) is 2.88. The van der Waals surface area contributed by atoms with Crippen LogP contribution in [0, 0.1) is 17.0 Å². The number of aromatic nitrogens is 3. The minimum absolute atomic E-state index is 0.0581. The monoisotopic (exact) mass is 328 g/mol. The van der Waals surface area contributed by atoms with E-state index in [0.717, 1.165) is 5.56 Å². The first kappa shape index (κ1) is 15.2. The summed E-state index contributed by atoms with van der Waals surface area (Å²) in [6.07, 6.45) is 0. The molecule has 0 amide bonds. The number of benzene rings is 2. The van der Waals surface area contributed by atoms with Crippen molar-refractivity contribution >= 4 is 17.3 Å². The van der Waals surface area contributed by atoms with E-state index in [1.165, 1.54) is 6.07 Å². The molecule has 3 aromatic rings. The van der Waals surface area contributed by atoms with Gasteiger partial charge in [0.25, 0.3) is 5.69 Å². The molecule has 0 saturated carbocycles. The molecule has 0 radical (unpaired) electrons. The molecule has 1 aromatic heterocycles. The number of nitro benzene ring substituents is 1. The molecule has 0 aliphatic carbocycles. The second-order valence-electron chi connectivity index (χ2n) is 5.06. The van der Waals surface area contributed by atoms with Crippen molar-refractivity contribution in [2.24, 2.45) is 0 Å². The van der Waals surface area contributed by atoms with E-state index in [0.29, 0.717) is 28.5 Å². The zero-order valence-electron chi connectivity index (χ0n) is 12.3. The lowest BCUT2D eigenvalue weighted by atomic mass is 10.1. The lowest BCUT2D eigenvalue weighted by Crippen LogP contribution is -2.06. The minimum Gasteiger partial charge on any atom is -0.258 e. The van der Waals surface area contributed by atoms with Gasteiger partial charge in [0.15, 0.2) is 0 Å². The van der Waals surface area contributed by atoms with Crippen LogP contribution in [-0.2, 0) is 6.54 Å². The van der Waals surface area contributed by atoms with E-state index in [1.807, 2.05) is 30.3 Å². The maximum Gasteiger partial charge on any atom is 0.280 e. The molecule has 23 heavy (non-hydrogen) atoms. The second-order valence-corrected chi connectivity index (χ2v) is 5.46. The van der Waals surface area contributed by atoms with Gasteiger partial charge < -0.3 is 0 Å². The van der Waals surface area contributed by atoms with Gasteiger partial charge >= 0.3 is 0 Å². The molecule has 0 aliphatic heterocycles. The van der Waals surface area contributed by atoms with Gasteiger partial charge in [-0.15, -0.1) is 5.10 Å². The summed E-state index contributed by atoms with van der Waals surface area (Å²) < 4.78 is 1.64. The molecule has 2 aromatic carbocycles. The summed E-state index contributed by atoms with van der Waals surface area (Å²) in [4.78, 5) is 10.9. The quantitative estimate of drug-likeness (QED) is 0.538. The van der Waals surface area contributed by atoms with Gasteiger partial charge in [0.2, 0.25) is 0 Å². The van der Waals surface area contributed by atoms with Gasteiger partial charge in [-0.3, -0.25) is 10.1 Å². The number of hydrogen-bond acceptors (Lipinski definition) is 4. The van der Waals surface area contributed by atoms with Crippen LogP contribution in [0.3, 0.4) is 0 Å². The molecule has 0 N–H and O–H groups in total. The highest BCUT2D eigenvalue weighted by Crippen LogP contribution is 2.37. The van der Waals surface area contributed by atoms with E-state index < -0.39 is 4.92 Å². The van der Waals surface area contributed by atoms with Crippen LogP contribution < -0.4 is 0 Å². The van der Waals surface area contributed by atoms with Crippen LogP contribution in [0.2, 0.25) is 5.02 Å². The summed E-state index contributed by atoms with van der Waals surface area (Å²) in [6, 6.07) is 14.3. The Balaban J connectivity index is 2.15. The maximum absolute atomic E-state index is 11.3. The Hall–Kier alpha value is -2.73. The largest absolute Gasteiger partial charge is 0.280 e. The summed E-state index contributed by atoms with van der Waals surface area (Å²) in [7, 11) is 0. The summed E-state index contributed by atoms with van der Waals surface area (Å²) >= 11 is 6.24. The lowest BCUT2D eigenvalue weighted by molar-refractivity contribution is -0.384. The van der Waals surface area contributed by atoms with Crippen LogP contribution in [0.15, 0.2) is 48.5 Å². The van der Waals surface area contributed by atoms with Crippen LogP contribution in [0.1, 0.15) is 11.3 Å². The topological polar surface area (TPSA) is 73.8 Å². The lowest BCUT2D eigenvalue weighted by Gasteiger charge is -2.09. The van der Waals surface area contributed by atoms with E-state index in [4.69, 9.17) is 11.6 Å². The standard InChI is InChI=1S/C16H13ClN4O2/c1-11-16(15-13(17)8-5-9-14(15)21(22)23)20(19-18-11)10-12-6-3-2-4-7-12/h2-9H,10H2,1H3. The number of nitro groups is 1. The third kappa shape index (κ3) is 2.93. The SMILES string of the molecule is Cc1nnn(Cc2ccccc2)c1-c1c(Cl)cccc1[N+](=O)[O-]. The molecular weight excluding hydrogens is 316 g/mol. The molecule has 0 bridgehead atoms. The minimum atomic E-state index is -0.444. The van der Waals surface area contributed by atoms with Crippen molar-refractivity contribution in [3.63, 3.8) is 0 Å². The van der Waals surface area contributed by atoms with Crippen molar-refractivity contribution in [1.82, 2.24) is 15.0 Å². The Bertz CT molecular complexity index is 862. The molecule has 0 atom stereocenters. The number of hydrogen-bond donors (Lipinski definition) is 0. The van der Waals surface area contributed by atoms with Crippen molar-refractivity contribution in [3.8, 4) is 11.3 Å². The first-order valence-corrected chi connectivity index (χ1v) is 7.33. The van der Waals surface area contributed by atoms with E-state index in [-0.39, 0.29) is 5.69 Å². The van der Waals surface area contributed by atoms with Crippen molar-refractivity contribution in [2.75, 3.05) is 0 Å². The Labute approximate surface area is 137 Å². The van der Waals surface area contributed by atoms with Crippen molar-refractivity contribution in [1.29, 1.82) is 0 Å².